The van der Waals surface area contributed by atoms with E-state index in [-0.39, 0.29) is 0 Å². The fraction of sp³-hybridized carbons (Fsp3) is 0.429. The highest BCUT2D eigenvalue weighted by atomic mass is 15.0. The van der Waals surface area contributed by atoms with E-state index in [9.17, 15) is 0 Å². The number of anilines is 1. The molecule has 4 heteroatoms. The summed E-state index contributed by atoms with van der Waals surface area (Å²) in [5, 5.41) is 3.24. The number of nitrogens with one attached hydrogen (secondary N) is 1. The van der Waals surface area contributed by atoms with Crippen LogP contribution >= 0.6 is 0 Å². The third-order valence-electron chi connectivity index (χ3n) is 2.01. The highest BCUT2D eigenvalue weighted by Gasteiger charge is 2.21. The van der Waals surface area contributed by atoms with Gasteiger partial charge in [0, 0.05) is 18.2 Å². The summed E-state index contributed by atoms with van der Waals surface area (Å²) in [5.74, 6) is 0.604. The number of nitrogen functional groups attached to an aromatic ring is 1. The van der Waals surface area contributed by atoms with Gasteiger partial charge < -0.3 is 11.1 Å². The average molecular weight is 150 g/mol. The molecule has 0 aliphatic carbocycles. The first-order valence-corrected chi connectivity index (χ1v) is 3.61. The van der Waals surface area contributed by atoms with E-state index in [1.165, 1.54) is 6.33 Å². The minimum Gasteiger partial charge on any atom is -0.383 e. The zero-order valence-corrected chi connectivity index (χ0v) is 6.33. The second kappa shape index (κ2) is 2.17. The molecule has 0 spiro atoms. The van der Waals surface area contributed by atoms with Crippen molar-refractivity contribution in [2.45, 2.75) is 19.5 Å². The van der Waals surface area contributed by atoms with Crippen molar-refractivity contribution in [1.82, 2.24) is 15.3 Å². The van der Waals surface area contributed by atoms with E-state index in [2.05, 4.69) is 22.2 Å². The third kappa shape index (κ3) is 0.867. The van der Waals surface area contributed by atoms with Crippen molar-refractivity contribution in [3.8, 4) is 0 Å². The maximum Gasteiger partial charge on any atom is 0.131 e. The van der Waals surface area contributed by atoms with Crippen LogP contribution in [0.3, 0.4) is 0 Å². The molecule has 11 heavy (non-hydrogen) atoms. The molecule has 1 aromatic rings. The van der Waals surface area contributed by atoms with Crippen molar-refractivity contribution in [1.29, 1.82) is 0 Å². The van der Waals surface area contributed by atoms with Gasteiger partial charge in [-0.1, -0.05) is 0 Å². The lowest BCUT2D eigenvalue weighted by Crippen LogP contribution is -2.07. The smallest absolute Gasteiger partial charge is 0.131 e. The van der Waals surface area contributed by atoms with Gasteiger partial charge >= 0.3 is 0 Å². The zero-order valence-electron chi connectivity index (χ0n) is 6.33. The Balaban J connectivity index is 2.57. The van der Waals surface area contributed by atoms with Crippen LogP contribution in [-0.4, -0.2) is 9.97 Å². The number of fused-ring (bicyclic) bond motifs is 1. The maximum absolute atomic E-state index is 5.64. The summed E-state index contributed by atoms with van der Waals surface area (Å²) in [6.07, 6.45) is 1.51. The number of hydrogen-bond acceptors (Lipinski definition) is 4. The molecule has 3 N–H and O–H groups in total. The van der Waals surface area contributed by atoms with Crippen LogP contribution in [0.2, 0.25) is 0 Å². The first kappa shape index (κ1) is 6.54. The van der Waals surface area contributed by atoms with Gasteiger partial charge in [-0.25, -0.2) is 9.97 Å². The highest BCUT2D eigenvalue weighted by Crippen LogP contribution is 2.24. The number of hydrogen-bond donors (Lipinski definition) is 2. The highest BCUT2D eigenvalue weighted by molar-refractivity contribution is 5.44. The predicted molar refractivity (Wildman–Crippen MR) is 41.7 cm³/mol. The van der Waals surface area contributed by atoms with Crippen molar-refractivity contribution < 1.29 is 0 Å². The molecule has 0 amide bonds. The van der Waals surface area contributed by atoms with E-state index in [4.69, 9.17) is 5.73 Å². The second-order valence-corrected chi connectivity index (χ2v) is 2.73. The first-order chi connectivity index (χ1) is 5.29. The van der Waals surface area contributed by atoms with Crippen LogP contribution in [-0.2, 0) is 6.54 Å². The molecule has 2 rings (SSSR count). The number of rotatable bonds is 0. The summed E-state index contributed by atoms with van der Waals surface area (Å²) < 4.78 is 0. The monoisotopic (exact) mass is 150 g/mol. The fourth-order valence-electron chi connectivity index (χ4n) is 1.35. The van der Waals surface area contributed by atoms with Gasteiger partial charge in [0.25, 0.3) is 0 Å². The average Bonchev–Trinajstić information content (AvgIpc) is 2.35. The number of aromatic nitrogens is 2. The molecule has 0 saturated heterocycles. The largest absolute Gasteiger partial charge is 0.383 e. The van der Waals surface area contributed by atoms with Gasteiger partial charge in [0.2, 0.25) is 0 Å². The van der Waals surface area contributed by atoms with Gasteiger partial charge in [-0.15, -0.1) is 0 Å². The fourth-order valence-corrected chi connectivity index (χ4v) is 1.35. The maximum atomic E-state index is 5.64. The summed E-state index contributed by atoms with van der Waals surface area (Å²) in [4.78, 5) is 8.06. The Kier molecular flexibility index (Phi) is 1.29. The number of nitrogens with two attached hydrogens (primary N) is 1. The van der Waals surface area contributed by atoms with Crippen LogP contribution in [0.4, 0.5) is 5.82 Å². The molecule has 0 aromatic carbocycles. The lowest BCUT2D eigenvalue weighted by molar-refractivity contribution is 0.623. The summed E-state index contributed by atoms with van der Waals surface area (Å²) in [5.41, 5.74) is 7.74. The molecule has 1 aromatic heterocycles. The molecule has 0 fully saturated rings. The normalized spacial score (nSPS) is 21.7. The van der Waals surface area contributed by atoms with E-state index < -0.39 is 0 Å². The molecular formula is C7H10N4. The standard InChI is InChI=1S/C7H10N4/c1-4-6-5(2-9-4)7(8)11-3-10-6/h3-4,9H,2H2,1H3,(H2,8,10,11)/t4-/m0/s1. The summed E-state index contributed by atoms with van der Waals surface area (Å²) in [6, 6.07) is 0.315. The minimum atomic E-state index is 0.315. The van der Waals surface area contributed by atoms with Crippen molar-refractivity contribution in [2.75, 3.05) is 5.73 Å². The van der Waals surface area contributed by atoms with E-state index in [0.29, 0.717) is 11.9 Å². The molecule has 58 valence electrons. The van der Waals surface area contributed by atoms with E-state index in [1.807, 2.05) is 0 Å². The second-order valence-electron chi connectivity index (χ2n) is 2.73. The number of nitrogens with zero attached hydrogens (tertiary/aromatic N) is 2. The van der Waals surface area contributed by atoms with E-state index in [1.54, 1.807) is 0 Å². The van der Waals surface area contributed by atoms with Gasteiger partial charge in [0.15, 0.2) is 0 Å². The van der Waals surface area contributed by atoms with Gasteiger partial charge in [-0.05, 0) is 6.92 Å². The Morgan fingerprint density at radius 3 is 3.18 bits per heavy atom. The third-order valence-corrected chi connectivity index (χ3v) is 2.01. The van der Waals surface area contributed by atoms with Crippen molar-refractivity contribution in [3.05, 3.63) is 17.6 Å². The topological polar surface area (TPSA) is 63.8 Å². The molecular weight excluding hydrogens is 140 g/mol. The van der Waals surface area contributed by atoms with Crippen LogP contribution in [0.1, 0.15) is 24.2 Å². The van der Waals surface area contributed by atoms with Crippen LogP contribution < -0.4 is 11.1 Å². The lowest BCUT2D eigenvalue weighted by atomic mass is 10.2. The van der Waals surface area contributed by atoms with Gasteiger partial charge in [0.05, 0.1) is 5.69 Å². The SMILES string of the molecule is C[C@@H]1NCc2c(N)ncnc21. The zero-order chi connectivity index (χ0) is 7.84. The Morgan fingerprint density at radius 1 is 1.64 bits per heavy atom. The first-order valence-electron chi connectivity index (χ1n) is 3.61. The van der Waals surface area contributed by atoms with Crippen molar-refractivity contribution >= 4 is 5.82 Å². The minimum absolute atomic E-state index is 0.315. The molecule has 1 aliphatic rings. The van der Waals surface area contributed by atoms with Crippen LogP contribution in [0.5, 0.6) is 0 Å². The molecule has 0 bridgehead atoms. The van der Waals surface area contributed by atoms with Crippen molar-refractivity contribution in [2.24, 2.45) is 0 Å². The van der Waals surface area contributed by atoms with Gasteiger partial charge in [0.1, 0.15) is 12.1 Å². The molecule has 2 heterocycles. The predicted octanol–water partition coefficient (Wildman–Crippen LogP) is 0.223. The molecule has 0 radical (unpaired) electrons. The van der Waals surface area contributed by atoms with Gasteiger partial charge in [-0.2, -0.15) is 0 Å². The van der Waals surface area contributed by atoms with Crippen LogP contribution in [0, 0.1) is 0 Å². The molecule has 0 unspecified atom stereocenters. The quantitative estimate of drug-likeness (QED) is 0.555. The molecule has 1 atom stereocenters. The van der Waals surface area contributed by atoms with E-state index >= 15 is 0 Å². The Bertz CT molecular complexity index is 284. The van der Waals surface area contributed by atoms with Crippen LogP contribution in [0.15, 0.2) is 6.33 Å². The molecule has 1 aliphatic heterocycles. The van der Waals surface area contributed by atoms with E-state index in [0.717, 1.165) is 17.8 Å². The summed E-state index contributed by atoms with van der Waals surface area (Å²) in [7, 11) is 0. The lowest BCUT2D eigenvalue weighted by Gasteiger charge is -2.01. The Labute approximate surface area is 64.8 Å². The summed E-state index contributed by atoms with van der Waals surface area (Å²) in [6.45, 7) is 2.86. The van der Waals surface area contributed by atoms with Crippen LogP contribution in [0.25, 0.3) is 0 Å². The molecule has 4 nitrogen and oxygen atoms in total. The van der Waals surface area contributed by atoms with Gasteiger partial charge in [-0.3, -0.25) is 0 Å². The summed E-state index contributed by atoms with van der Waals surface area (Å²) >= 11 is 0. The molecule has 0 saturated carbocycles. The Morgan fingerprint density at radius 2 is 2.45 bits per heavy atom. The van der Waals surface area contributed by atoms with Crippen molar-refractivity contribution in [3.63, 3.8) is 0 Å². The Hall–Kier alpha value is -1.16.